The van der Waals surface area contributed by atoms with Crippen molar-refractivity contribution in [3.05, 3.63) is 66.4 Å². The van der Waals surface area contributed by atoms with Crippen molar-refractivity contribution < 1.29 is 9.84 Å². The molecule has 0 aliphatic carbocycles. The first kappa shape index (κ1) is 15.7. The molecule has 6 heteroatoms. The number of rotatable bonds is 4. The van der Waals surface area contributed by atoms with Crippen molar-refractivity contribution in [3.8, 4) is 17.3 Å². The lowest BCUT2D eigenvalue weighted by Crippen LogP contribution is -2.40. The van der Waals surface area contributed by atoms with E-state index in [9.17, 15) is 5.11 Å². The van der Waals surface area contributed by atoms with Crippen LogP contribution in [-0.4, -0.2) is 32.3 Å². The van der Waals surface area contributed by atoms with Crippen LogP contribution in [0.5, 0.6) is 11.5 Å². The van der Waals surface area contributed by atoms with Crippen LogP contribution in [0.4, 0.5) is 0 Å². The monoisotopic (exact) mass is 336 g/mol. The molecule has 2 atom stereocenters. The summed E-state index contributed by atoms with van der Waals surface area (Å²) in [5.41, 5.74) is 2.24. The number of hydrogen-bond donors (Lipinski definition) is 2. The van der Waals surface area contributed by atoms with E-state index in [2.05, 4.69) is 28.3 Å². The van der Waals surface area contributed by atoms with E-state index in [0.29, 0.717) is 6.61 Å². The summed E-state index contributed by atoms with van der Waals surface area (Å²) < 4.78 is 7.65. The third-order valence-corrected chi connectivity index (χ3v) is 4.48. The third kappa shape index (κ3) is 3.34. The number of nitrogens with zero attached hydrogens (tertiary/aromatic N) is 3. The van der Waals surface area contributed by atoms with Gasteiger partial charge < -0.3 is 15.2 Å². The molecule has 4 rings (SSSR count). The maximum absolute atomic E-state index is 9.53. The Hall–Kier alpha value is -2.86. The molecule has 3 aromatic rings. The van der Waals surface area contributed by atoms with Gasteiger partial charge in [-0.05, 0) is 36.6 Å². The molecule has 1 aliphatic rings. The quantitative estimate of drug-likeness (QED) is 0.766. The molecule has 0 bridgehead atoms. The van der Waals surface area contributed by atoms with Crippen molar-refractivity contribution in [3.63, 3.8) is 0 Å². The van der Waals surface area contributed by atoms with Gasteiger partial charge in [0, 0.05) is 36.7 Å². The number of phenolic OH excluding ortho intramolecular Hbond substituents is 1. The van der Waals surface area contributed by atoms with Crippen molar-refractivity contribution in [2.24, 2.45) is 0 Å². The second kappa shape index (κ2) is 6.57. The second-order valence-corrected chi connectivity index (χ2v) is 6.31. The Morgan fingerprint density at radius 3 is 3.00 bits per heavy atom. The van der Waals surface area contributed by atoms with Crippen molar-refractivity contribution in [2.45, 2.75) is 25.4 Å². The van der Waals surface area contributed by atoms with Crippen molar-refractivity contribution >= 4 is 0 Å². The van der Waals surface area contributed by atoms with E-state index in [0.717, 1.165) is 29.1 Å². The summed E-state index contributed by atoms with van der Waals surface area (Å²) in [5.74, 6) is 1.86. The molecule has 0 saturated carbocycles. The van der Waals surface area contributed by atoms with Crippen LogP contribution < -0.4 is 10.1 Å². The molecule has 0 spiro atoms. The van der Waals surface area contributed by atoms with E-state index < -0.39 is 0 Å². The molecule has 128 valence electrons. The van der Waals surface area contributed by atoms with Gasteiger partial charge in [-0.1, -0.05) is 12.1 Å². The average molecular weight is 336 g/mol. The van der Waals surface area contributed by atoms with Gasteiger partial charge in [-0.15, -0.1) is 0 Å². The van der Waals surface area contributed by atoms with Gasteiger partial charge in [0.1, 0.15) is 30.3 Å². The predicted molar refractivity (Wildman–Crippen MR) is 94.0 cm³/mol. The van der Waals surface area contributed by atoms with E-state index in [1.54, 1.807) is 24.7 Å². The van der Waals surface area contributed by atoms with Crippen LogP contribution >= 0.6 is 0 Å². The number of nitrogens with one attached hydrogen (secondary N) is 1. The largest absolute Gasteiger partial charge is 0.508 e. The average Bonchev–Trinajstić information content (AvgIpc) is 3.17. The molecule has 0 radical (unpaired) electrons. The summed E-state index contributed by atoms with van der Waals surface area (Å²) in [5, 5.41) is 13.1. The summed E-state index contributed by atoms with van der Waals surface area (Å²) in [4.78, 5) is 8.54. The van der Waals surface area contributed by atoms with Gasteiger partial charge in [0.05, 0.1) is 0 Å². The number of imidazole rings is 1. The Kier molecular flexibility index (Phi) is 4.11. The first-order chi connectivity index (χ1) is 12.2. The topological polar surface area (TPSA) is 72.2 Å². The lowest BCUT2D eigenvalue weighted by molar-refractivity contribution is 0.228. The number of hydrogen-bond acceptors (Lipinski definition) is 5. The van der Waals surface area contributed by atoms with Crippen molar-refractivity contribution in [2.75, 3.05) is 6.61 Å². The standard InChI is InChI=1S/C19H20N4O2/c1-13(15-3-5-19(21-10-15)23-7-6-20-12-23)22-16-8-14-2-4-17(24)9-18(14)25-11-16/h2-7,9-10,12-13,16,22,24H,8,11H2,1H3. The van der Waals surface area contributed by atoms with Crippen molar-refractivity contribution in [1.82, 2.24) is 19.9 Å². The molecule has 1 aliphatic heterocycles. The van der Waals surface area contributed by atoms with Gasteiger partial charge in [0.15, 0.2) is 0 Å². The highest BCUT2D eigenvalue weighted by atomic mass is 16.5. The molecular weight excluding hydrogens is 316 g/mol. The summed E-state index contributed by atoms with van der Waals surface area (Å²) in [6, 6.07) is 9.75. The number of benzene rings is 1. The molecule has 0 amide bonds. The predicted octanol–water partition coefficient (Wildman–Crippen LogP) is 2.63. The molecule has 6 nitrogen and oxygen atoms in total. The highest BCUT2D eigenvalue weighted by molar-refractivity contribution is 5.41. The zero-order valence-electron chi connectivity index (χ0n) is 14.0. The smallest absolute Gasteiger partial charge is 0.137 e. The van der Waals surface area contributed by atoms with Crippen LogP contribution in [-0.2, 0) is 6.42 Å². The maximum atomic E-state index is 9.53. The maximum Gasteiger partial charge on any atom is 0.137 e. The minimum Gasteiger partial charge on any atom is -0.508 e. The zero-order chi connectivity index (χ0) is 17.2. The molecule has 2 N–H and O–H groups in total. The normalized spacial score (nSPS) is 17.6. The van der Waals surface area contributed by atoms with E-state index in [4.69, 9.17) is 4.74 Å². The molecule has 1 aromatic carbocycles. The number of pyridine rings is 1. The fraction of sp³-hybridized carbons (Fsp3) is 0.263. The molecule has 25 heavy (non-hydrogen) atoms. The van der Waals surface area contributed by atoms with Gasteiger partial charge in [-0.3, -0.25) is 4.57 Å². The summed E-state index contributed by atoms with van der Waals surface area (Å²) in [6.45, 7) is 2.71. The number of aromatic nitrogens is 3. The highest BCUT2D eigenvalue weighted by Crippen LogP contribution is 2.29. The molecule has 2 unspecified atom stereocenters. The van der Waals surface area contributed by atoms with E-state index in [1.165, 1.54) is 0 Å². The fourth-order valence-corrected chi connectivity index (χ4v) is 3.12. The molecular formula is C19H20N4O2. The van der Waals surface area contributed by atoms with Crippen LogP contribution in [0.15, 0.2) is 55.2 Å². The molecule has 2 aromatic heterocycles. The van der Waals surface area contributed by atoms with Crippen LogP contribution in [0.1, 0.15) is 24.1 Å². The number of phenols is 1. The SMILES string of the molecule is CC(NC1COc2cc(O)ccc2C1)c1ccc(-n2ccnc2)nc1. The van der Waals surface area contributed by atoms with Gasteiger partial charge in [0.25, 0.3) is 0 Å². The molecule has 0 fully saturated rings. The Labute approximate surface area is 146 Å². The van der Waals surface area contributed by atoms with Crippen LogP contribution in [0.2, 0.25) is 0 Å². The van der Waals surface area contributed by atoms with Gasteiger partial charge in [-0.2, -0.15) is 0 Å². The zero-order valence-corrected chi connectivity index (χ0v) is 14.0. The highest BCUT2D eigenvalue weighted by Gasteiger charge is 2.22. The minimum absolute atomic E-state index is 0.164. The second-order valence-electron chi connectivity index (χ2n) is 6.31. The van der Waals surface area contributed by atoms with E-state index >= 15 is 0 Å². The van der Waals surface area contributed by atoms with Crippen LogP contribution in [0, 0.1) is 0 Å². The Morgan fingerprint density at radius 1 is 1.32 bits per heavy atom. The Bertz CT molecular complexity index is 846. The lowest BCUT2D eigenvalue weighted by Gasteiger charge is -2.29. The van der Waals surface area contributed by atoms with E-state index in [-0.39, 0.29) is 17.8 Å². The third-order valence-electron chi connectivity index (χ3n) is 4.48. The summed E-state index contributed by atoms with van der Waals surface area (Å²) in [6.07, 6.45) is 8.11. The van der Waals surface area contributed by atoms with Gasteiger partial charge >= 0.3 is 0 Å². The minimum atomic E-state index is 0.164. The first-order valence-electron chi connectivity index (χ1n) is 8.34. The fourth-order valence-electron chi connectivity index (χ4n) is 3.12. The Balaban J connectivity index is 1.42. The van der Waals surface area contributed by atoms with Crippen LogP contribution in [0.25, 0.3) is 5.82 Å². The van der Waals surface area contributed by atoms with E-state index in [1.807, 2.05) is 29.1 Å². The number of ether oxygens (including phenoxy) is 1. The van der Waals surface area contributed by atoms with Crippen molar-refractivity contribution in [1.29, 1.82) is 0 Å². The lowest BCUT2D eigenvalue weighted by atomic mass is 10.0. The molecule has 3 heterocycles. The Morgan fingerprint density at radius 2 is 2.24 bits per heavy atom. The summed E-state index contributed by atoms with van der Waals surface area (Å²) >= 11 is 0. The van der Waals surface area contributed by atoms with Gasteiger partial charge in [0.2, 0.25) is 0 Å². The molecule has 0 saturated heterocycles. The number of aromatic hydroxyl groups is 1. The number of fused-ring (bicyclic) bond motifs is 1. The van der Waals surface area contributed by atoms with Crippen LogP contribution in [0.3, 0.4) is 0 Å². The first-order valence-corrected chi connectivity index (χ1v) is 8.34. The summed E-state index contributed by atoms with van der Waals surface area (Å²) in [7, 11) is 0. The van der Waals surface area contributed by atoms with Gasteiger partial charge in [-0.25, -0.2) is 9.97 Å².